The van der Waals surface area contributed by atoms with Crippen LogP contribution in [0.4, 0.5) is 0 Å². The van der Waals surface area contributed by atoms with Crippen LogP contribution in [-0.4, -0.2) is 43.2 Å². The van der Waals surface area contributed by atoms with E-state index in [4.69, 9.17) is 5.73 Å². The Balaban J connectivity index is 2.09. The standard InChI is InChI=1S/C12H21N3O2S2/c1-14(8-3-7-13)19(16,17)15(11-5-6-11)10-12-4-2-9-18-12/h2,4,9,11H,3,5-8,10,13H2,1H3. The van der Waals surface area contributed by atoms with Crippen LogP contribution in [0.2, 0.25) is 0 Å². The van der Waals surface area contributed by atoms with E-state index in [-0.39, 0.29) is 6.04 Å². The first kappa shape index (κ1) is 14.9. The molecule has 7 heteroatoms. The van der Waals surface area contributed by atoms with Crippen LogP contribution in [0, 0.1) is 0 Å². The predicted molar refractivity (Wildman–Crippen MR) is 78.1 cm³/mol. The molecule has 0 aliphatic heterocycles. The van der Waals surface area contributed by atoms with Crippen molar-refractivity contribution >= 4 is 21.5 Å². The smallest absolute Gasteiger partial charge is 0.282 e. The summed E-state index contributed by atoms with van der Waals surface area (Å²) in [4.78, 5) is 1.09. The molecule has 108 valence electrons. The van der Waals surface area contributed by atoms with Gasteiger partial charge in [-0.3, -0.25) is 0 Å². The number of hydrogen-bond acceptors (Lipinski definition) is 4. The summed E-state index contributed by atoms with van der Waals surface area (Å²) in [5, 5.41) is 1.98. The van der Waals surface area contributed by atoms with E-state index in [1.54, 1.807) is 22.7 Å². The van der Waals surface area contributed by atoms with Gasteiger partial charge in [0.05, 0.1) is 0 Å². The van der Waals surface area contributed by atoms with Crippen LogP contribution < -0.4 is 5.73 Å². The van der Waals surface area contributed by atoms with Crippen LogP contribution >= 0.6 is 11.3 Å². The molecule has 1 heterocycles. The van der Waals surface area contributed by atoms with E-state index in [0.29, 0.717) is 26.1 Å². The van der Waals surface area contributed by atoms with Crippen molar-refractivity contribution in [3.63, 3.8) is 0 Å². The van der Waals surface area contributed by atoms with Gasteiger partial charge in [0.15, 0.2) is 0 Å². The third-order valence-corrected chi connectivity index (χ3v) is 6.06. The Labute approximate surface area is 119 Å². The minimum absolute atomic E-state index is 0.174. The maximum atomic E-state index is 12.6. The third kappa shape index (κ3) is 3.76. The second-order valence-corrected chi connectivity index (χ2v) is 7.85. The Morgan fingerprint density at radius 1 is 1.47 bits per heavy atom. The third-order valence-electron chi connectivity index (χ3n) is 3.21. The molecule has 5 nitrogen and oxygen atoms in total. The first-order valence-electron chi connectivity index (χ1n) is 6.51. The normalized spacial score (nSPS) is 16.4. The predicted octanol–water partition coefficient (Wildman–Crippen LogP) is 1.24. The quantitative estimate of drug-likeness (QED) is 0.785. The van der Waals surface area contributed by atoms with Gasteiger partial charge in [0.2, 0.25) is 0 Å². The average Bonchev–Trinajstić information content (AvgIpc) is 3.09. The van der Waals surface area contributed by atoms with Gasteiger partial charge in [-0.2, -0.15) is 17.0 Å². The SMILES string of the molecule is CN(CCCN)S(=O)(=O)N(Cc1cccs1)C1CC1. The molecule has 2 rings (SSSR count). The summed E-state index contributed by atoms with van der Waals surface area (Å²) < 4.78 is 28.2. The Kier molecular flexibility index (Phi) is 4.97. The van der Waals surface area contributed by atoms with Gasteiger partial charge in [-0.05, 0) is 37.3 Å². The lowest BCUT2D eigenvalue weighted by atomic mass is 10.4. The van der Waals surface area contributed by atoms with Gasteiger partial charge in [-0.25, -0.2) is 0 Å². The van der Waals surface area contributed by atoms with E-state index in [1.807, 2.05) is 17.5 Å². The van der Waals surface area contributed by atoms with Crippen molar-refractivity contribution in [3.05, 3.63) is 22.4 Å². The summed E-state index contributed by atoms with van der Waals surface area (Å²) in [6, 6.07) is 4.11. The fourth-order valence-electron chi connectivity index (χ4n) is 1.93. The number of thiophene rings is 1. The lowest BCUT2D eigenvalue weighted by Gasteiger charge is -2.27. The Morgan fingerprint density at radius 2 is 2.21 bits per heavy atom. The molecule has 2 N–H and O–H groups in total. The summed E-state index contributed by atoms with van der Waals surface area (Å²) in [5.41, 5.74) is 5.44. The molecule has 1 fully saturated rings. The highest BCUT2D eigenvalue weighted by Crippen LogP contribution is 2.32. The molecule has 19 heavy (non-hydrogen) atoms. The minimum atomic E-state index is -3.37. The lowest BCUT2D eigenvalue weighted by molar-refractivity contribution is 0.348. The second kappa shape index (κ2) is 6.32. The highest BCUT2D eigenvalue weighted by molar-refractivity contribution is 7.86. The summed E-state index contributed by atoms with van der Waals surface area (Å²) >= 11 is 1.60. The van der Waals surface area contributed by atoms with E-state index in [0.717, 1.165) is 17.7 Å². The van der Waals surface area contributed by atoms with E-state index in [9.17, 15) is 8.42 Å². The fourth-order valence-corrected chi connectivity index (χ4v) is 4.32. The molecule has 0 saturated heterocycles. The molecule has 0 spiro atoms. The zero-order valence-corrected chi connectivity index (χ0v) is 12.8. The molecule has 1 aliphatic rings. The van der Waals surface area contributed by atoms with Crippen LogP contribution in [0.3, 0.4) is 0 Å². The first-order chi connectivity index (χ1) is 9.05. The van der Waals surface area contributed by atoms with E-state index < -0.39 is 10.2 Å². The number of nitrogens with zero attached hydrogens (tertiary/aromatic N) is 2. The van der Waals surface area contributed by atoms with Gasteiger partial charge >= 0.3 is 0 Å². The summed E-state index contributed by atoms with van der Waals surface area (Å²) in [7, 11) is -1.73. The summed E-state index contributed by atoms with van der Waals surface area (Å²) in [6.07, 6.45) is 2.62. The van der Waals surface area contributed by atoms with Crippen LogP contribution in [0.1, 0.15) is 24.1 Å². The van der Waals surface area contributed by atoms with Gasteiger partial charge < -0.3 is 5.73 Å². The monoisotopic (exact) mass is 303 g/mol. The number of rotatable bonds is 8. The van der Waals surface area contributed by atoms with Crippen molar-refractivity contribution in [2.75, 3.05) is 20.1 Å². The van der Waals surface area contributed by atoms with Crippen LogP contribution in [0.25, 0.3) is 0 Å². The lowest BCUT2D eigenvalue weighted by Crippen LogP contribution is -2.43. The molecule has 0 atom stereocenters. The molecule has 1 saturated carbocycles. The number of hydrogen-bond donors (Lipinski definition) is 1. The van der Waals surface area contributed by atoms with E-state index in [2.05, 4.69) is 0 Å². The van der Waals surface area contributed by atoms with E-state index in [1.165, 1.54) is 4.31 Å². The largest absolute Gasteiger partial charge is 0.330 e. The van der Waals surface area contributed by atoms with Crippen molar-refractivity contribution in [2.45, 2.75) is 31.8 Å². The zero-order chi connectivity index (χ0) is 13.9. The second-order valence-electron chi connectivity index (χ2n) is 4.83. The van der Waals surface area contributed by atoms with Crippen LogP contribution in [0.15, 0.2) is 17.5 Å². The van der Waals surface area contributed by atoms with Gasteiger partial charge in [0.25, 0.3) is 10.2 Å². The van der Waals surface area contributed by atoms with Crippen molar-refractivity contribution in [1.29, 1.82) is 0 Å². The average molecular weight is 303 g/mol. The Bertz CT molecular complexity index is 483. The molecule has 0 aromatic carbocycles. The highest BCUT2D eigenvalue weighted by Gasteiger charge is 2.39. The molecule has 1 aliphatic carbocycles. The topological polar surface area (TPSA) is 66.6 Å². The molecule has 1 aromatic rings. The van der Waals surface area contributed by atoms with Gasteiger partial charge in [0, 0.05) is 31.1 Å². The van der Waals surface area contributed by atoms with Crippen molar-refractivity contribution < 1.29 is 8.42 Å². The summed E-state index contributed by atoms with van der Waals surface area (Å²) in [5.74, 6) is 0. The van der Waals surface area contributed by atoms with Gasteiger partial charge in [-0.15, -0.1) is 11.3 Å². The minimum Gasteiger partial charge on any atom is -0.330 e. The van der Waals surface area contributed by atoms with Gasteiger partial charge in [-0.1, -0.05) is 6.07 Å². The molecule has 0 radical (unpaired) electrons. The highest BCUT2D eigenvalue weighted by atomic mass is 32.2. The van der Waals surface area contributed by atoms with Crippen molar-refractivity contribution in [2.24, 2.45) is 5.73 Å². The van der Waals surface area contributed by atoms with E-state index >= 15 is 0 Å². The fraction of sp³-hybridized carbons (Fsp3) is 0.667. The molecular formula is C12H21N3O2S2. The maximum absolute atomic E-state index is 12.6. The Morgan fingerprint density at radius 3 is 2.74 bits per heavy atom. The molecule has 0 bridgehead atoms. The van der Waals surface area contributed by atoms with Crippen molar-refractivity contribution in [1.82, 2.24) is 8.61 Å². The zero-order valence-electron chi connectivity index (χ0n) is 11.2. The molecular weight excluding hydrogens is 282 g/mol. The molecule has 1 aromatic heterocycles. The van der Waals surface area contributed by atoms with Crippen molar-refractivity contribution in [3.8, 4) is 0 Å². The van der Waals surface area contributed by atoms with Gasteiger partial charge in [0.1, 0.15) is 0 Å². The maximum Gasteiger partial charge on any atom is 0.282 e. The Hall–Kier alpha value is -0.470. The van der Waals surface area contributed by atoms with Crippen LogP contribution in [0.5, 0.6) is 0 Å². The first-order valence-corrected chi connectivity index (χ1v) is 8.79. The molecule has 0 unspecified atom stereocenters. The van der Waals surface area contributed by atoms with Crippen LogP contribution in [-0.2, 0) is 16.8 Å². The number of nitrogens with two attached hydrogens (primary N) is 1. The molecule has 0 amide bonds. The summed E-state index contributed by atoms with van der Waals surface area (Å²) in [6.45, 7) is 1.47.